The Kier molecular flexibility index (Phi) is 7.18. The second kappa shape index (κ2) is 8.39. The van der Waals surface area contributed by atoms with Gasteiger partial charge in [-0.25, -0.2) is 8.78 Å². The quantitative estimate of drug-likeness (QED) is 0.800. The molecule has 1 N–H and O–H groups in total. The van der Waals surface area contributed by atoms with E-state index in [4.69, 9.17) is 21.4 Å². The summed E-state index contributed by atoms with van der Waals surface area (Å²) in [7, 11) is 0. The molecule has 0 atom stereocenters. The predicted molar refractivity (Wildman–Crippen MR) is 74.3 cm³/mol. The van der Waals surface area contributed by atoms with Crippen LogP contribution in [0.2, 0.25) is 5.02 Å². The molecular weight excluding hydrogens is 359 g/mol. The second-order valence-electron chi connectivity index (χ2n) is 3.82. The fourth-order valence-electron chi connectivity index (χ4n) is 1.43. The van der Waals surface area contributed by atoms with Crippen molar-refractivity contribution >= 4 is 33.4 Å². The molecule has 0 saturated heterocycles. The summed E-state index contributed by atoms with van der Waals surface area (Å²) in [6.45, 7) is -1.72. The van der Waals surface area contributed by atoms with Crippen molar-refractivity contribution in [2.75, 3.05) is 26.3 Å². The number of hydrogen-bond acceptors (Lipinski definition) is 3. The Bertz CT molecular complexity index is 462. The van der Waals surface area contributed by atoms with E-state index < -0.39 is 32.1 Å². The topological polar surface area (TPSA) is 49.8 Å². The zero-order chi connectivity index (χ0) is 15.1. The lowest BCUT2D eigenvalue weighted by molar-refractivity contribution is -0.135. The van der Waals surface area contributed by atoms with Crippen LogP contribution in [0.25, 0.3) is 0 Å². The molecule has 4 nitrogen and oxygen atoms in total. The summed E-state index contributed by atoms with van der Waals surface area (Å²) in [6.07, 6.45) is -2.67. The van der Waals surface area contributed by atoms with Crippen LogP contribution in [0, 0.1) is 0 Å². The number of benzene rings is 1. The molecule has 0 saturated carbocycles. The van der Waals surface area contributed by atoms with Crippen molar-refractivity contribution in [3.8, 4) is 5.75 Å². The van der Waals surface area contributed by atoms with E-state index in [0.717, 1.165) is 9.37 Å². The van der Waals surface area contributed by atoms with Crippen LogP contribution < -0.4 is 4.74 Å². The Hall–Kier alpha value is -0.920. The van der Waals surface area contributed by atoms with Gasteiger partial charge in [-0.3, -0.25) is 4.79 Å². The SMILES string of the molecule is O=C(COc1ccc(Br)cc1Cl)N(CCO)CC(F)F. The van der Waals surface area contributed by atoms with Crippen molar-refractivity contribution in [2.45, 2.75) is 6.43 Å². The van der Waals surface area contributed by atoms with Gasteiger partial charge >= 0.3 is 0 Å². The van der Waals surface area contributed by atoms with E-state index in [1.165, 1.54) is 0 Å². The first-order valence-electron chi connectivity index (χ1n) is 5.68. The highest BCUT2D eigenvalue weighted by molar-refractivity contribution is 9.10. The van der Waals surface area contributed by atoms with Crippen LogP contribution in [0.3, 0.4) is 0 Å². The van der Waals surface area contributed by atoms with E-state index in [2.05, 4.69) is 15.9 Å². The Morgan fingerprint density at radius 3 is 2.75 bits per heavy atom. The van der Waals surface area contributed by atoms with Gasteiger partial charge in [-0.2, -0.15) is 0 Å². The van der Waals surface area contributed by atoms with Gasteiger partial charge in [-0.15, -0.1) is 0 Å². The molecule has 0 radical (unpaired) electrons. The van der Waals surface area contributed by atoms with Crippen molar-refractivity contribution in [2.24, 2.45) is 0 Å². The van der Waals surface area contributed by atoms with Gasteiger partial charge in [0.1, 0.15) is 5.75 Å². The van der Waals surface area contributed by atoms with Crippen molar-refractivity contribution in [3.63, 3.8) is 0 Å². The smallest absolute Gasteiger partial charge is 0.260 e. The highest BCUT2D eigenvalue weighted by Crippen LogP contribution is 2.27. The molecule has 0 heterocycles. The van der Waals surface area contributed by atoms with Crippen LogP contribution in [-0.4, -0.2) is 48.6 Å². The summed E-state index contributed by atoms with van der Waals surface area (Å²) in [6, 6.07) is 4.82. The highest BCUT2D eigenvalue weighted by atomic mass is 79.9. The van der Waals surface area contributed by atoms with Gasteiger partial charge < -0.3 is 14.7 Å². The monoisotopic (exact) mass is 371 g/mol. The lowest BCUT2D eigenvalue weighted by Gasteiger charge is -2.21. The van der Waals surface area contributed by atoms with Gasteiger partial charge in [0.2, 0.25) is 0 Å². The van der Waals surface area contributed by atoms with Crippen molar-refractivity contribution in [1.29, 1.82) is 0 Å². The summed E-state index contributed by atoms with van der Waals surface area (Å²) in [5.41, 5.74) is 0. The molecule has 1 aromatic carbocycles. The Balaban J connectivity index is 2.59. The van der Waals surface area contributed by atoms with E-state index in [-0.39, 0.29) is 12.3 Å². The molecule has 1 rings (SSSR count). The number of rotatable bonds is 7. The molecule has 1 aromatic rings. The standard InChI is InChI=1S/C12H13BrClF2NO3/c13-8-1-2-10(9(14)5-8)20-7-12(19)17(3-4-18)6-11(15)16/h1-2,5,11,18H,3-4,6-7H2. The van der Waals surface area contributed by atoms with E-state index in [1.54, 1.807) is 18.2 Å². The molecule has 0 bridgehead atoms. The zero-order valence-electron chi connectivity index (χ0n) is 10.4. The second-order valence-corrected chi connectivity index (χ2v) is 5.14. The van der Waals surface area contributed by atoms with Crippen LogP contribution in [0.1, 0.15) is 0 Å². The van der Waals surface area contributed by atoms with Crippen molar-refractivity contribution < 1.29 is 23.4 Å². The number of aliphatic hydroxyl groups excluding tert-OH is 1. The average molecular weight is 373 g/mol. The van der Waals surface area contributed by atoms with Gasteiger partial charge in [0.15, 0.2) is 6.61 Å². The fraction of sp³-hybridized carbons (Fsp3) is 0.417. The van der Waals surface area contributed by atoms with Gasteiger partial charge in [0.25, 0.3) is 12.3 Å². The normalized spacial score (nSPS) is 10.7. The minimum Gasteiger partial charge on any atom is -0.482 e. The van der Waals surface area contributed by atoms with Gasteiger partial charge in [0, 0.05) is 11.0 Å². The van der Waals surface area contributed by atoms with E-state index >= 15 is 0 Å². The van der Waals surface area contributed by atoms with Gasteiger partial charge in [-0.1, -0.05) is 27.5 Å². The number of hydrogen-bond donors (Lipinski definition) is 1. The maximum atomic E-state index is 12.3. The van der Waals surface area contributed by atoms with Crippen molar-refractivity contribution in [1.82, 2.24) is 4.90 Å². The number of nitrogens with zero attached hydrogens (tertiary/aromatic N) is 1. The summed E-state index contributed by atoms with van der Waals surface area (Å²) >= 11 is 9.12. The van der Waals surface area contributed by atoms with E-state index in [9.17, 15) is 13.6 Å². The first kappa shape index (κ1) is 17.1. The molecule has 0 spiro atoms. The molecule has 0 fully saturated rings. The van der Waals surface area contributed by atoms with Gasteiger partial charge in [-0.05, 0) is 18.2 Å². The molecule has 0 aliphatic carbocycles. The largest absolute Gasteiger partial charge is 0.482 e. The maximum absolute atomic E-state index is 12.3. The minimum atomic E-state index is -2.67. The van der Waals surface area contributed by atoms with Crippen molar-refractivity contribution in [3.05, 3.63) is 27.7 Å². The third kappa shape index (κ3) is 5.60. The van der Waals surface area contributed by atoms with E-state index in [1.807, 2.05) is 0 Å². The molecule has 0 unspecified atom stereocenters. The fourth-order valence-corrected chi connectivity index (χ4v) is 2.16. The lowest BCUT2D eigenvalue weighted by Crippen LogP contribution is -2.40. The zero-order valence-corrected chi connectivity index (χ0v) is 12.7. The average Bonchev–Trinajstić information content (AvgIpc) is 2.36. The maximum Gasteiger partial charge on any atom is 0.260 e. The first-order valence-corrected chi connectivity index (χ1v) is 6.85. The van der Waals surface area contributed by atoms with Crippen LogP contribution in [0.5, 0.6) is 5.75 Å². The van der Waals surface area contributed by atoms with Crippen LogP contribution in [0.15, 0.2) is 22.7 Å². The molecular formula is C12H13BrClF2NO3. The molecule has 20 heavy (non-hydrogen) atoms. The summed E-state index contributed by atoms with van der Waals surface area (Å²) in [4.78, 5) is 12.6. The molecule has 112 valence electrons. The molecule has 0 aromatic heterocycles. The number of ether oxygens (including phenoxy) is 1. The number of amides is 1. The first-order chi connectivity index (χ1) is 9.43. The molecule has 1 amide bonds. The molecule has 0 aliphatic heterocycles. The summed E-state index contributed by atoms with van der Waals surface area (Å²) in [5, 5.41) is 9.05. The third-order valence-electron chi connectivity index (χ3n) is 2.33. The number of alkyl halides is 2. The van der Waals surface area contributed by atoms with Gasteiger partial charge in [0.05, 0.1) is 18.2 Å². The predicted octanol–water partition coefficient (Wildman–Crippen LogP) is 2.57. The lowest BCUT2D eigenvalue weighted by atomic mass is 10.3. The number of carbonyl (C=O) groups is 1. The van der Waals surface area contributed by atoms with Crippen LogP contribution >= 0.6 is 27.5 Å². The minimum absolute atomic E-state index is 0.166. The Labute approximate surface area is 128 Å². The summed E-state index contributed by atoms with van der Waals surface area (Å²) < 4.78 is 30.5. The molecule has 0 aliphatic rings. The Morgan fingerprint density at radius 1 is 1.50 bits per heavy atom. The van der Waals surface area contributed by atoms with Crippen LogP contribution in [0.4, 0.5) is 8.78 Å². The van der Waals surface area contributed by atoms with E-state index in [0.29, 0.717) is 5.02 Å². The van der Waals surface area contributed by atoms with Crippen LogP contribution in [-0.2, 0) is 4.79 Å². The number of carbonyl (C=O) groups excluding carboxylic acids is 1. The number of aliphatic hydroxyl groups is 1. The highest BCUT2D eigenvalue weighted by Gasteiger charge is 2.18. The summed E-state index contributed by atoms with van der Waals surface area (Å²) in [5.74, 6) is -0.359. The third-order valence-corrected chi connectivity index (χ3v) is 3.11. The molecule has 8 heteroatoms. The number of halogens is 4. The Morgan fingerprint density at radius 2 is 2.20 bits per heavy atom.